The topological polar surface area (TPSA) is 32.3 Å². The summed E-state index contributed by atoms with van der Waals surface area (Å²) in [7, 11) is 3.41. The van der Waals surface area contributed by atoms with Crippen LogP contribution in [0.25, 0.3) is 0 Å². The molecule has 4 heteroatoms. The SMILES string of the molecule is CC(CC(=O)N(C)C)Nc1ccccc1F. The molecule has 16 heavy (non-hydrogen) atoms. The number of carbonyl (C=O) groups excluding carboxylic acids is 1. The second kappa shape index (κ2) is 5.49. The first-order chi connectivity index (χ1) is 7.50. The van der Waals surface area contributed by atoms with Crippen LogP contribution in [0, 0.1) is 5.82 Å². The number of amides is 1. The van der Waals surface area contributed by atoms with Crippen molar-refractivity contribution in [1.82, 2.24) is 4.90 Å². The lowest BCUT2D eigenvalue weighted by Gasteiger charge is -2.17. The molecule has 1 rings (SSSR count). The van der Waals surface area contributed by atoms with E-state index >= 15 is 0 Å². The Morgan fingerprint density at radius 3 is 2.62 bits per heavy atom. The predicted molar refractivity (Wildman–Crippen MR) is 62.8 cm³/mol. The van der Waals surface area contributed by atoms with Crippen LogP contribution < -0.4 is 5.32 Å². The molecule has 0 saturated heterocycles. The number of rotatable bonds is 4. The minimum atomic E-state index is -0.299. The summed E-state index contributed by atoms with van der Waals surface area (Å²) in [6.45, 7) is 1.86. The summed E-state index contributed by atoms with van der Waals surface area (Å²) >= 11 is 0. The molecule has 0 aromatic heterocycles. The quantitative estimate of drug-likeness (QED) is 0.849. The number of benzene rings is 1. The molecule has 1 aromatic rings. The van der Waals surface area contributed by atoms with E-state index in [1.54, 1.807) is 32.3 Å². The van der Waals surface area contributed by atoms with E-state index < -0.39 is 0 Å². The van der Waals surface area contributed by atoms with E-state index in [1.165, 1.54) is 11.0 Å². The van der Waals surface area contributed by atoms with Gasteiger partial charge in [-0.3, -0.25) is 4.79 Å². The molecule has 3 nitrogen and oxygen atoms in total. The average molecular weight is 224 g/mol. The highest BCUT2D eigenvalue weighted by atomic mass is 19.1. The summed E-state index contributed by atoms with van der Waals surface area (Å²) < 4.78 is 13.3. The van der Waals surface area contributed by atoms with Gasteiger partial charge in [0, 0.05) is 26.6 Å². The molecule has 1 atom stereocenters. The number of nitrogens with zero attached hydrogens (tertiary/aromatic N) is 1. The first-order valence-corrected chi connectivity index (χ1v) is 5.22. The fourth-order valence-corrected chi connectivity index (χ4v) is 1.34. The van der Waals surface area contributed by atoms with E-state index in [9.17, 15) is 9.18 Å². The molecule has 0 bridgehead atoms. The second-order valence-electron chi connectivity index (χ2n) is 4.02. The fourth-order valence-electron chi connectivity index (χ4n) is 1.34. The van der Waals surface area contributed by atoms with Crippen LogP contribution in [0.2, 0.25) is 0 Å². The maximum absolute atomic E-state index is 13.3. The van der Waals surface area contributed by atoms with Gasteiger partial charge in [-0.2, -0.15) is 0 Å². The summed E-state index contributed by atoms with van der Waals surface area (Å²) in [5.41, 5.74) is 0.432. The van der Waals surface area contributed by atoms with E-state index in [4.69, 9.17) is 0 Å². The van der Waals surface area contributed by atoms with E-state index in [0.29, 0.717) is 12.1 Å². The van der Waals surface area contributed by atoms with E-state index in [2.05, 4.69) is 5.32 Å². The van der Waals surface area contributed by atoms with Gasteiger partial charge in [-0.25, -0.2) is 4.39 Å². The smallest absolute Gasteiger partial charge is 0.224 e. The molecule has 1 aromatic carbocycles. The van der Waals surface area contributed by atoms with Gasteiger partial charge >= 0.3 is 0 Å². The van der Waals surface area contributed by atoms with Gasteiger partial charge in [0.25, 0.3) is 0 Å². The molecule has 1 N–H and O–H groups in total. The molecule has 0 spiro atoms. The highest BCUT2D eigenvalue weighted by Crippen LogP contribution is 2.14. The number of anilines is 1. The Balaban J connectivity index is 2.55. The van der Waals surface area contributed by atoms with Crippen molar-refractivity contribution >= 4 is 11.6 Å². The molecule has 88 valence electrons. The summed E-state index contributed by atoms with van der Waals surface area (Å²) in [6.07, 6.45) is 0.349. The van der Waals surface area contributed by atoms with Crippen molar-refractivity contribution in [2.45, 2.75) is 19.4 Å². The highest BCUT2D eigenvalue weighted by molar-refractivity contribution is 5.76. The molecular weight excluding hydrogens is 207 g/mol. The summed E-state index contributed by atoms with van der Waals surface area (Å²) in [4.78, 5) is 12.9. The van der Waals surface area contributed by atoms with Crippen LogP contribution in [0.15, 0.2) is 24.3 Å². The molecule has 0 saturated carbocycles. The number of nitrogens with one attached hydrogen (secondary N) is 1. The zero-order valence-corrected chi connectivity index (χ0v) is 9.83. The average Bonchev–Trinajstić information content (AvgIpc) is 2.21. The van der Waals surface area contributed by atoms with Crippen molar-refractivity contribution in [3.63, 3.8) is 0 Å². The van der Waals surface area contributed by atoms with Gasteiger partial charge < -0.3 is 10.2 Å². The van der Waals surface area contributed by atoms with E-state index in [1.807, 2.05) is 6.92 Å². The van der Waals surface area contributed by atoms with Crippen LogP contribution in [0.4, 0.5) is 10.1 Å². The Bertz CT molecular complexity index is 366. The first kappa shape index (κ1) is 12.5. The Labute approximate surface area is 95.3 Å². The normalized spacial score (nSPS) is 12.0. The van der Waals surface area contributed by atoms with Gasteiger partial charge in [0.2, 0.25) is 5.91 Å². The molecule has 0 aliphatic carbocycles. The Hall–Kier alpha value is -1.58. The van der Waals surface area contributed by atoms with Crippen molar-refractivity contribution in [2.24, 2.45) is 0 Å². The zero-order chi connectivity index (χ0) is 12.1. The number of para-hydroxylation sites is 1. The van der Waals surface area contributed by atoms with Crippen molar-refractivity contribution in [1.29, 1.82) is 0 Å². The molecule has 0 heterocycles. The van der Waals surface area contributed by atoms with Gasteiger partial charge in [0.05, 0.1) is 5.69 Å². The van der Waals surface area contributed by atoms with Crippen molar-refractivity contribution < 1.29 is 9.18 Å². The van der Waals surface area contributed by atoms with Crippen LogP contribution in [0.3, 0.4) is 0 Å². The van der Waals surface area contributed by atoms with Gasteiger partial charge in [-0.05, 0) is 19.1 Å². The van der Waals surface area contributed by atoms with Gasteiger partial charge in [-0.15, -0.1) is 0 Å². The molecule has 1 amide bonds. The number of halogens is 1. The highest BCUT2D eigenvalue weighted by Gasteiger charge is 2.11. The Morgan fingerprint density at radius 2 is 2.06 bits per heavy atom. The lowest BCUT2D eigenvalue weighted by atomic mass is 10.2. The van der Waals surface area contributed by atoms with Crippen LogP contribution in [-0.2, 0) is 4.79 Å². The van der Waals surface area contributed by atoms with Crippen LogP contribution in [0.1, 0.15) is 13.3 Å². The van der Waals surface area contributed by atoms with Gasteiger partial charge in [0.1, 0.15) is 5.82 Å². The number of hydrogen-bond acceptors (Lipinski definition) is 2. The van der Waals surface area contributed by atoms with Crippen molar-refractivity contribution in [3.8, 4) is 0 Å². The molecule has 1 unspecified atom stereocenters. The fraction of sp³-hybridized carbons (Fsp3) is 0.417. The van der Waals surface area contributed by atoms with Crippen LogP contribution in [-0.4, -0.2) is 30.9 Å². The minimum absolute atomic E-state index is 0.0244. The third-order valence-electron chi connectivity index (χ3n) is 2.26. The maximum Gasteiger partial charge on any atom is 0.224 e. The zero-order valence-electron chi connectivity index (χ0n) is 9.83. The first-order valence-electron chi connectivity index (χ1n) is 5.22. The summed E-state index contributed by atoms with van der Waals surface area (Å²) in [5, 5.41) is 2.97. The van der Waals surface area contributed by atoms with Gasteiger partial charge in [-0.1, -0.05) is 12.1 Å². The summed E-state index contributed by atoms with van der Waals surface area (Å²) in [6, 6.07) is 6.35. The van der Waals surface area contributed by atoms with Gasteiger partial charge in [0.15, 0.2) is 0 Å². The van der Waals surface area contributed by atoms with Crippen LogP contribution in [0.5, 0.6) is 0 Å². The minimum Gasteiger partial charge on any atom is -0.380 e. The third kappa shape index (κ3) is 3.53. The predicted octanol–water partition coefficient (Wildman–Crippen LogP) is 2.10. The maximum atomic E-state index is 13.3. The molecular formula is C12H17FN2O. The molecule has 0 aliphatic rings. The lowest BCUT2D eigenvalue weighted by Crippen LogP contribution is -2.28. The molecule has 0 fully saturated rings. The van der Waals surface area contributed by atoms with E-state index in [-0.39, 0.29) is 17.8 Å². The van der Waals surface area contributed by atoms with Crippen molar-refractivity contribution in [2.75, 3.05) is 19.4 Å². The van der Waals surface area contributed by atoms with Crippen molar-refractivity contribution in [3.05, 3.63) is 30.1 Å². The Kier molecular flexibility index (Phi) is 4.28. The monoisotopic (exact) mass is 224 g/mol. The van der Waals surface area contributed by atoms with E-state index in [0.717, 1.165) is 0 Å². The third-order valence-corrected chi connectivity index (χ3v) is 2.26. The van der Waals surface area contributed by atoms with Crippen LogP contribution >= 0.6 is 0 Å². The number of carbonyl (C=O) groups is 1. The lowest BCUT2D eigenvalue weighted by molar-refractivity contribution is -0.128. The molecule has 0 aliphatic heterocycles. The largest absolute Gasteiger partial charge is 0.380 e. The Morgan fingerprint density at radius 1 is 1.44 bits per heavy atom. The summed E-state index contributed by atoms with van der Waals surface area (Å²) in [5.74, 6) is -0.275. The number of hydrogen-bond donors (Lipinski definition) is 1. The standard InChI is InChI=1S/C12H17FN2O/c1-9(8-12(16)15(2)3)14-11-7-5-4-6-10(11)13/h4-7,9,14H,8H2,1-3H3. The second-order valence-corrected chi connectivity index (χ2v) is 4.02. The molecule has 0 radical (unpaired) electrons.